The van der Waals surface area contributed by atoms with Crippen LogP contribution in [0.1, 0.15) is 11.1 Å². The lowest BCUT2D eigenvalue weighted by atomic mass is 10.2. The highest BCUT2D eigenvalue weighted by molar-refractivity contribution is 6.30. The van der Waals surface area contributed by atoms with Crippen LogP contribution >= 0.6 is 11.6 Å². The lowest BCUT2D eigenvalue weighted by Crippen LogP contribution is -2.00. The molecule has 0 unspecified atom stereocenters. The Balaban J connectivity index is 1.85. The molecule has 0 spiro atoms. The number of esters is 1. The Morgan fingerprint density at radius 2 is 1.76 bits per heavy atom. The normalized spacial score (nSPS) is 10.6. The zero-order valence-corrected chi connectivity index (χ0v) is 12.3. The van der Waals surface area contributed by atoms with Gasteiger partial charge in [0.25, 0.3) is 0 Å². The minimum atomic E-state index is -0.388. The summed E-state index contributed by atoms with van der Waals surface area (Å²) < 4.78 is 10.2. The Bertz CT molecular complexity index is 615. The van der Waals surface area contributed by atoms with Crippen LogP contribution in [0, 0.1) is 0 Å². The number of rotatable bonds is 5. The molecule has 0 aliphatic heterocycles. The number of hydrogen-bond donors (Lipinski definition) is 0. The van der Waals surface area contributed by atoms with Crippen LogP contribution in [-0.2, 0) is 16.1 Å². The fraction of sp³-hybridized carbons (Fsp3) is 0.118. The first-order chi connectivity index (χ1) is 10.2. The number of carbonyl (C=O) groups excluding carboxylic acids is 1. The summed E-state index contributed by atoms with van der Waals surface area (Å²) in [5.74, 6) is 0.383. The van der Waals surface area contributed by atoms with Crippen LogP contribution in [0.25, 0.3) is 6.08 Å². The minimum Gasteiger partial charge on any atom is -0.497 e. The Kier molecular flexibility index (Phi) is 5.41. The van der Waals surface area contributed by atoms with Crippen molar-refractivity contribution in [1.29, 1.82) is 0 Å². The van der Waals surface area contributed by atoms with E-state index in [4.69, 9.17) is 21.1 Å². The van der Waals surface area contributed by atoms with Gasteiger partial charge in [-0.25, -0.2) is 4.79 Å². The summed E-state index contributed by atoms with van der Waals surface area (Å²) in [7, 11) is 1.61. The van der Waals surface area contributed by atoms with Gasteiger partial charge in [-0.3, -0.25) is 0 Å². The molecule has 0 aliphatic rings. The molecule has 0 radical (unpaired) electrons. The van der Waals surface area contributed by atoms with E-state index < -0.39 is 0 Å². The van der Waals surface area contributed by atoms with Crippen LogP contribution in [0.5, 0.6) is 5.75 Å². The van der Waals surface area contributed by atoms with Crippen molar-refractivity contribution in [2.75, 3.05) is 7.11 Å². The molecule has 0 aliphatic carbocycles. The van der Waals surface area contributed by atoms with E-state index in [-0.39, 0.29) is 12.6 Å². The van der Waals surface area contributed by atoms with Gasteiger partial charge >= 0.3 is 5.97 Å². The summed E-state index contributed by atoms with van der Waals surface area (Å²) in [5, 5.41) is 0.661. The molecule has 108 valence electrons. The van der Waals surface area contributed by atoms with E-state index in [9.17, 15) is 4.79 Å². The average Bonchev–Trinajstić information content (AvgIpc) is 2.53. The lowest BCUT2D eigenvalue weighted by Gasteiger charge is -2.04. The predicted molar refractivity (Wildman–Crippen MR) is 83.3 cm³/mol. The van der Waals surface area contributed by atoms with Crippen molar-refractivity contribution in [2.24, 2.45) is 0 Å². The summed E-state index contributed by atoms with van der Waals surface area (Å²) >= 11 is 5.79. The molecule has 0 amide bonds. The summed E-state index contributed by atoms with van der Waals surface area (Å²) in [4.78, 5) is 11.6. The third kappa shape index (κ3) is 4.97. The van der Waals surface area contributed by atoms with Gasteiger partial charge in [-0.05, 0) is 41.5 Å². The maximum atomic E-state index is 11.6. The average molecular weight is 303 g/mol. The molecule has 21 heavy (non-hydrogen) atoms. The number of benzene rings is 2. The van der Waals surface area contributed by atoms with Gasteiger partial charge in [0.05, 0.1) is 7.11 Å². The standard InChI is InChI=1S/C17H15ClO3/c1-20-16-9-4-14(5-10-16)12-21-17(19)11-6-13-2-7-15(18)8-3-13/h2-11H,12H2,1H3/b11-6+. The van der Waals surface area contributed by atoms with Gasteiger partial charge in [0.1, 0.15) is 12.4 Å². The van der Waals surface area contributed by atoms with Crippen molar-refractivity contribution in [3.63, 3.8) is 0 Å². The first-order valence-corrected chi connectivity index (χ1v) is 6.78. The second kappa shape index (κ2) is 7.50. The number of carbonyl (C=O) groups is 1. The van der Waals surface area contributed by atoms with Crippen molar-refractivity contribution >= 4 is 23.6 Å². The Morgan fingerprint density at radius 1 is 1.10 bits per heavy atom. The number of methoxy groups -OCH3 is 1. The first-order valence-electron chi connectivity index (χ1n) is 6.41. The van der Waals surface area contributed by atoms with Gasteiger partial charge in [0, 0.05) is 11.1 Å². The van der Waals surface area contributed by atoms with Crippen molar-refractivity contribution in [3.8, 4) is 5.75 Å². The van der Waals surface area contributed by atoms with Gasteiger partial charge in [-0.1, -0.05) is 35.9 Å². The summed E-state index contributed by atoms with van der Waals surface area (Å²) in [6.07, 6.45) is 3.08. The van der Waals surface area contributed by atoms with Crippen LogP contribution in [-0.4, -0.2) is 13.1 Å². The van der Waals surface area contributed by atoms with Crippen LogP contribution in [0.2, 0.25) is 5.02 Å². The van der Waals surface area contributed by atoms with E-state index >= 15 is 0 Å². The molecule has 4 heteroatoms. The molecule has 3 nitrogen and oxygen atoms in total. The molecule has 0 saturated carbocycles. The van der Waals surface area contributed by atoms with Crippen LogP contribution < -0.4 is 4.74 Å². The zero-order chi connectivity index (χ0) is 15.1. The minimum absolute atomic E-state index is 0.230. The molecule has 0 N–H and O–H groups in total. The van der Waals surface area contributed by atoms with Crippen LogP contribution in [0.4, 0.5) is 0 Å². The number of hydrogen-bond acceptors (Lipinski definition) is 3. The Labute approximate surface area is 128 Å². The molecule has 2 rings (SSSR count). The van der Waals surface area contributed by atoms with E-state index in [0.29, 0.717) is 5.02 Å². The van der Waals surface area contributed by atoms with Crippen LogP contribution in [0.3, 0.4) is 0 Å². The quantitative estimate of drug-likeness (QED) is 0.616. The number of ether oxygens (including phenoxy) is 2. The molecule has 0 aromatic heterocycles. The molecule has 0 fully saturated rings. The van der Waals surface area contributed by atoms with Gasteiger partial charge < -0.3 is 9.47 Å². The molecule has 0 saturated heterocycles. The maximum absolute atomic E-state index is 11.6. The van der Waals surface area contributed by atoms with E-state index in [1.807, 2.05) is 36.4 Å². The molecule has 2 aromatic carbocycles. The monoisotopic (exact) mass is 302 g/mol. The molecular formula is C17H15ClO3. The third-order valence-electron chi connectivity index (χ3n) is 2.82. The SMILES string of the molecule is COc1ccc(COC(=O)/C=C/c2ccc(Cl)cc2)cc1. The van der Waals surface area contributed by atoms with Crippen molar-refractivity contribution in [3.05, 3.63) is 70.8 Å². The lowest BCUT2D eigenvalue weighted by molar-refractivity contribution is -0.138. The van der Waals surface area contributed by atoms with E-state index in [0.717, 1.165) is 16.9 Å². The summed E-state index contributed by atoms with van der Waals surface area (Å²) in [6.45, 7) is 0.230. The first kappa shape index (κ1) is 15.1. The van der Waals surface area contributed by atoms with E-state index in [1.54, 1.807) is 25.3 Å². The molecule has 0 bridgehead atoms. The highest BCUT2D eigenvalue weighted by Gasteiger charge is 1.99. The topological polar surface area (TPSA) is 35.5 Å². The van der Waals surface area contributed by atoms with Gasteiger partial charge in [-0.2, -0.15) is 0 Å². The smallest absolute Gasteiger partial charge is 0.331 e. The van der Waals surface area contributed by atoms with Crippen molar-refractivity contribution in [1.82, 2.24) is 0 Å². The van der Waals surface area contributed by atoms with Gasteiger partial charge in [0.15, 0.2) is 0 Å². The summed E-state index contributed by atoms with van der Waals surface area (Å²) in [6, 6.07) is 14.6. The van der Waals surface area contributed by atoms with Gasteiger partial charge in [0.2, 0.25) is 0 Å². The summed E-state index contributed by atoms with van der Waals surface area (Å²) in [5.41, 5.74) is 1.80. The third-order valence-corrected chi connectivity index (χ3v) is 3.07. The van der Waals surface area contributed by atoms with E-state index in [2.05, 4.69) is 0 Å². The van der Waals surface area contributed by atoms with Gasteiger partial charge in [-0.15, -0.1) is 0 Å². The Morgan fingerprint density at radius 3 is 2.38 bits per heavy atom. The predicted octanol–water partition coefficient (Wildman–Crippen LogP) is 4.11. The zero-order valence-electron chi connectivity index (χ0n) is 11.6. The fourth-order valence-corrected chi connectivity index (χ4v) is 1.79. The van der Waals surface area contributed by atoms with E-state index in [1.165, 1.54) is 6.08 Å². The second-order valence-corrected chi connectivity index (χ2v) is 4.78. The molecular weight excluding hydrogens is 288 g/mol. The number of halogens is 1. The fourth-order valence-electron chi connectivity index (χ4n) is 1.66. The highest BCUT2D eigenvalue weighted by atomic mass is 35.5. The molecule has 0 atom stereocenters. The van der Waals surface area contributed by atoms with Crippen molar-refractivity contribution in [2.45, 2.75) is 6.61 Å². The molecule has 2 aromatic rings. The Hall–Kier alpha value is -2.26. The second-order valence-electron chi connectivity index (χ2n) is 4.34. The molecule has 0 heterocycles. The maximum Gasteiger partial charge on any atom is 0.331 e. The largest absolute Gasteiger partial charge is 0.497 e. The van der Waals surface area contributed by atoms with Crippen LogP contribution in [0.15, 0.2) is 54.6 Å². The van der Waals surface area contributed by atoms with Crippen molar-refractivity contribution < 1.29 is 14.3 Å². The highest BCUT2D eigenvalue weighted by Crippen LogP contribution is 2.13.